The molecule has 0 bridgehead atoms. The summed E-state index contributed by atoms with van der Waals surface area (Å²) in [6.45, 7) is 16.9. The summed E-state index contributed by atoms with van der Waals surface area (Å²) in [7, 11) is 0. The summed E-state index contributed by atoms with van der Waals surface area (Å²) < 4.78 is 0. The van der Waals surface area contributed by atoms with Gasteiger partial charge in [0.15, 0.2) is 0 Å². The van der Waals surface area contributed by atoms with Crippen LogP contribution < -0.4 is 17.2 Å². The van der Waals surface area contributed by atoms with Crippen molar-refractivity contribution in [2.24, 2.45) is 17.2 Å². The Balaban J connectivity index is 4.67. The quantitative estimate of drug-likeness (QED) is 0.751. The first-order chi connectivity index (χ1) is 11.8. The van der Waals surface area contributed by atoms with Crippen molar-refractivity contribution in [2.45, 2.75) is 78.6 Å². The first-order valence-corrected chi connectivity index (χ1v) is 8.98. The Kier molecular flexibility index (Phi) is 5.59. The van der Waals surface area contributed by atoms with Gasteiger partial charge in [-0.25, -0.2) is 0 Å². The molecule has 0 aromatic heterocycles. The van der Waals surface area contributed by atoms with Crippen LogP contribution in [0.2, 0.25) is 0 Å². The van der Waals surface area contributed by atoms with E-state index in [-0.39, 0.29) is 16.7 Å². The molecule has 6 N–H and O–H groups in total. The number of hydrogen-bond acceptors (Lipinski definition) is 3. The molecular weight excluding hydrogens is 342 g/mol. The molecule has 1 rings (SSSR count). The van der Waals surface area contributed by atoms with Gasteiger partial charge >= 0.3 is 0 Å². The van der Waals surface area contributed by atoms with Gasteiger partial charge in [0.2, 0.25) is 17.7 Å². The Hall–Kier alpha value is -2.37. The van der Waals surface area contributed by atoms with Crippen LogP contribution in [0.4, 0.5) is 0 Å². The lowest BCUT2D eigenvalue weighted by atomic mass is 9.66. The van der Waals surface area contributed by atoms with Crippen molar-refractivity contribution < 1.29 is 14.4 Å². The highest BCUT2D eigenvalue weighted by molar-refractivity contribution is 6.10. The predicted octanol–water partition coefficient (Wildman–Crippen LogP) is 2.88. The van der Waals surface area contributed by atoms with Crippen LogP contribution in [0.5, 0.6) is 0 Å². The van der Waals surface area contributed by atoms with Gasteiger partial charge in [0.05, 0.1) is 0 Å². The molecule has 0 aliphatic carbocycles. The normalized spacial score (nSPS) is 12.8. The van der Waals surface area contributed by atoms with Crippen molar-refractivity contribution in [3.8, 4) is 0 Å². The average molecular weight is 376 g/mol. The van der Waals surface area contributed by atoms with Gasteiger partial charge in [0, 0.05) is 16.7 Å². The molecular formula is C21H33N3O3. The second kappa shape index (κ2) is 6.66. The summed E-state index contributed by atoms with van der Waals surface area (Å²) in [6, 6.07) is 0. The Bertz CT molecular complexity index is 686. The first-order valence-electron chi connectivity index (χ1n) is 8.98. The van der Waals surface area contributed by atoms with Crippen LogP contribution in [0.3, 0.4) is 0 Å². The zero-order valence-corrected chi connectivity index (χ0v) is 18.0. The van der Waals surface area contributed by atoms with E-state index in [1.807, 2.05) is 62.3 Å². The molecule has 150 valence electrons. The predicted molar refractivity (Wildman–Crippen MR) is 108 cm³/mol. The highest BCUT2D eigenvalue weighted by atomic mass is 16.2. The van der Waals surface area contributed by atoms with E-state index in [2.05, 4.69) is 0 Å². The van der Waals surface area contributed by atoms with E-state index in [0.717, 1.165) is 0 Å². The van der Waals surface area contributed by atoms with Crippen LogP contribution in [-0.2, 0) is 16.2 Å². The summed E-state index contributed by atoms with van der Waals surface area (Å²) >= 11 is 0. The molecule has 27 heavy (non-hydrogen) atoms. The largest absolute Gasteiger partial charge is 0.366 e. The Labute approximate surface area is 161 Å². The third-order valence-electron chi connectivity index (χ3n) is 4.49. The molecule has 0 aliphatic heterocycles. The molecule has 0 atom stereocenters. The van der Waals surface area contributed by atoms with Crippen molar-refractivity contribution in [1.29, 1.82) is 0 Å². The third kappa shape index (κ3) is 4.15. The molecule has 6 nitrogen and oxygen atoms in total. The lowest BCUT2D eigenvalue weighted by molar-refractivity contribution is 0.0992. The SMILES string of the molecule is CC(C)(C)c1c(C(N)=O)c(C(C)(C)C)c(C(N)=O)c(C(C)(C)C)c1C(N)=O. The van der Waals surface area contributed by atoms with Crippen LogP contribution in [0, 0.1) is 0 Å². The second-order valence-corrected chi connectivity index (χ2v) is 10.1. The number of primary amides is 3. The van der Waals surface area contributed by atoms with Gasteiger partial charge in [-0.05, 0) is 32.9 Å². The van der Waals surface area contributed by atoms with Gasteiger partial charge in [-0.15, -0.1) is 0 Å². The van der Waals surface area contributed by atoms with Crippen molar-refractivity contribution >= 4 is 17.7 Å². The number of carbonyl (C=O) groups is 3. The standard InChI is InChI=1S/C21H33N3O3/c1-19(2,3)13-10(16(22)25)14(20(4,5)6)12(18(24)27)15(21(7,8)9)11(13)17(23)26/h1-9H3,(H2,22,25)(H2,23,26)(H2,24,27). The highest BCUT2D eigenvalue weighted by Gasteiger charge is 2.41. The Morgan fingerprint density at radius 2 is 0.630 bits per heavy atom. The monoisotopic (exact) mass is 375 g/mol. The minimum absolute atomic E-state index is 0.158. The van der Waals surface area contributed by atoms with Crippen LogP contribution in [0.25, 0.3) is 0 Å². The number of amides is 3. The van der Waals surface area contributed by atoms with Gasteiger partial charge in [0.1, 0.15) is 0 Å². The zero-order chi connectivity index (χ0) is 21.7. The van der Waals surface area contributed by atoms with Crippen LogP contribution in [-0.4, -0.2) is 17.7 Å². The maximum absolute atomic E-state index is 12.6. The van der Waals surface area contributed by atoms with Crippen molar-refractivity contribution in [3.05, 3.63) is 33.4 Å². The van der Waals surface area contributed by atoms with Crippen molar-refractivity contribution in [1.82, 2.24) is 0 Å². The van der Waals surface area contributed by atoms with Crippen LogP contribution >= 0.6 is 0 Å². The fourth-order valence-corrected chi connectivity index (χ4v) is 3.74. The van der Waals surface area contributed by atoms with Gasteiger partial charge in [0.25, 0.3) is 0 Å². The number of benzene rings is 1. The van der Waals surface area contributed by atoms with Gasteiger partial charge < -0.3 is 17.2 Å². The van der Waals surface area contributed by atoms with E-state index < -0.39 is 34.0 Å². The van der Waals surface area contributed by atoms with E-state index in [9.17, 15) is 14.4 Å². The van der Waals surface area contributed by atoms with E-state index in [1.54, 1.807) is 0 Å². The van der Waals surface area contributed by atoms with Crippen molar-refractivity contribution in [3.63, 3.8) is 0 Å². The number of nitrogens with two attached hydrogens (primary N) is 3. The minimum Gasteiger partial charge on any atom is -0.366 e. The summed E-state index contributed by atoms with van der Waals surface area (Å²) in [5, 5.41) is 0. The fourth-order valence-electron chi connectivity index (χ4n) is 3.74. The third-order valence-corrected chi connectivity index (χ3v) is 4.49. The molecule has 6 heteroatoms. The number of rotatable bonds is 3. The van der Waals surface area contributed by atoms with Gasteiger partial charge in [-0.3, -0.25) is 14.4 Å². The number of carbonyl (C=O) groups excluding carboxylic acids is 3. The van der Waals surface area contributed by atoms with E-state index in [1.165, 1.54) is 0 Å². The smallest absolute Gasteiger partial charge is 0.249 e. The topological polar surface area (TPSA) is 129 Å². The molecule has 0 spiro atoms. The molecule has 0 radical (unpaired) electrons. The molecule has 0 saturated heterocycles. The molecule has 1 aromatic rings. The van der Waals surface area contributed by atoms with Gasteiger partial charge in [-0.2, -0.15) is 0 Å². The minimum atomic E-state index is -0.713. The highest BCUT2D eigenvalue weighted by Crippen LogP contribution is 2.44. The molecule has 1 aromatic carbocycles. The lowest BCUT2D eigenvalue weighted by Crippen LogP contribution is -2.38. The fraction of sp³-hybridized carbons (Fsp3) is 0.571. The summed E-state index contributed by atoms with van der Waals surface area (Å²) in [5.74, 6) is -2.14. The van der Waals surface area contributed by atoms with Crippen molar-refractivity contribution in [2.75, 3.05) is 0 Å². The Morgan fingerprint density at radius 3 is 0.704 bits per heavy atom. The molecule has 0 fully saturated rings. The molecule has 0 heterocycles. The maximum Gasteiger partial charge on any atom is 0.249 e. The molecule has 3 amide bonds. The second-order valence-electron chi connectivity index (χ2n) is 10.1. The Morgan fingerprint density at radius 1 is 0.481 bits per heavy atom. The van der Waals surface area contributed by atoms with E-state index >= 15 is 0 Å². The molecule has 0 aliphatic rings. The molecule has 0 unspecified atom stereocenters. The molecule has 0 saturated carbocycles. The lowest BCUT2D eigenvalue weighted by Gasteiger charge is -2.37. The maximum atomic E-state index is 12.6. The summed E-state index contributed by atoms with van der Waals surface area (Å²) in [6.07, 6.45) is 0. The average Bonchev–Trinajstić information content (AvgIpc) is 2.40. The zero-order valence-electron chi connectivity index (χ0n) is 18.0. The van der Waals surface area contributed by atoms with E-state index in [0.29, 0.717) is 16.7 Å². The van der Waals surface area contributed by atoms with E-state index in [4.69, 9.17) is 17.2 Å². The van der Waals surface area contributed by atoms with Crippen LogP contribution in [0.1, 0.15) is 110 Å². The summed E-state index contributed by atoms with van der Waals surface area (Å²) in [5.41, 5.74) is 17.3. The van der Waals surface area contributed by atoms with Gasteiger partial charge in [-0.1, -0.05) is 62.3 Å². The summed E-state index contributed by atoms with van der Waals surface area (Å²) in [4.78, 5) is 37.7. The number of hydrogen-bond donors (Lipinski definition) is 3. The van der Waals surface area contributed by atoms with Crippen LogP contribution in [0.15, 0.2) is 0 Å². The first kappa shape index (κ1) is 22.7.